The Labute approximate surface area is 258 Å². The molecular formula is C34H24F6N2O4. The van der Waals surface area contributed by atoms with Crippen LogP contribution in [0.5, 0.6) is 0 Å². The zero-order chi connectivity index (χ0) is 33.6. The highest BCUT2D eigenvalue weighted by atomic mass is 19.4. The lowest BCUT2D eigenvalue weighted by molar-refractivity contribution is -0.139. The molecular weight excluding hydrogens is 614 g/mol. The number of halogens is 6. The van der Waals surface area contributed by atoms with E-state index in [4.69, 9.17) is 0 Å². The van der Waals surface area contributed by atoms with E-state index in [0.717, 1.165) is 29.2 Å². The van der Waals surface area contributed by atoms with Gasteiger partial charge in [-0.05, 0) is 78.9 Å². The van der Waals surface area contributed by atoms with Crippen LogP contribution in [0.25, 0.3) is 21.9 Å². The summed E-state index contributed by atoms with van der Waals surface area (Å²) in [4.78, 5) is 55.5. The number of benzene rings is 4. The largest absolute Gasteiger partial charge is 0.417 e. The Kier molecular flexibility index (Phi) is 6.92. The Morgan fingerprint density at radius 3 is 1.33 bits per heavy atom. The summed E-state index contributed by atoms with van der Waals surface area (Å²) in [6, 6.07) is 10.1. The fourth-order valence-electron chi connectivity index (χ4n) is 6.13. The summed E-state index contributed by atoms with van der Waals surface area (Å²) in [7, 11) is 0. The molecule has 0 atom stereocenters. The Morgan fingerprint density at radius 2 is 0.913 bits per heavy atom. The van der Waals surface area contributed by atoms with E-state index in [-0.39, 0.29) is 44.5 Å². The number of hydrogen-bond acceptors (Lipinski definition) is 4. The third-order valence-corrected chi connectivity index (χ3v) is 8.32. The zero-order valence-corrected chi connectivity index (χ0v) is 24.7. The van der Waals surface area contributed by atoms with E-state index in [0.29, 0.717) is 11.0 Å². The highest BCUT2D eigenvalue weighted by Gasteiger charge is 2.43. The third-order valence-electron chi connectivity index (χ3n) is 8.32. The van der Waals surface area contributed by atoms with Crippen LogP contribution in [0, 0.1) is 0 Å². The molecule has 0 aliphatic carbocycles. The van der Waals surface area contributed by atoms with E-state index < -0.39 is 70.0 Å². The van der Waals surface area contributed by atoms with Crippen LogP contribution in [0.1, 0.15) is 91.7 Å². The van der Waals surface area contributed by atoms with E-state index in [2.05, 4.69) is 0 Å². The highest BCUT2D eigenvalue weighted by Crippen LogP contribution is 2.46. The molecule has 0 N–H and O–H groups in total. The minimum Gasteiger partial charge on any atom is -0.272 e. The number of alkyl halides is 6. The van der Waals surface area contributed by atoms with E-state index in [1.54, 1.807) is 27.7 Å². The van der Waals surface area contributed by atoms with E-state index >= 15 is 0 Å². The van der Waals surface area contributed by atoms with Crippen LogP contribution in [0.2, 0.25) is 0 Å². The van der Waals surface area contributed by atoms with E-state index in [1.807, 2.05) is 0 Å². The zero-order valence-electron chi connectivity index (χ0n) is 24.7. The summed E-state index contributed by atoms with van der Waals surface area (Å²) in [5.74, 6) is -3.61. The first-order valence-corrected chi connectivity index (χ1v) is 14.2. The van der Waals surface area contributed by atoms with Crippen LogP contribution in [0.3, 0.4) is 0 Å². The molecule has 6 nitrogen and oxygen atoms in total. The Balaban J connectivity index is 1.51. The average molecular weight is 639 g/mol. The van der Waals surface area contributed by atoms with Crippen molar-refractivity contribution in [2.75, 3.05) is 4.90 Å². The van der Waals surface area contributed by atoms with Crippen molar-refractivity contribution < 1.29 is 45.5 Å². The lowest BCUT2D eigenvalue weighted by atomic mass is 9.85. The van der Waals surface area contributed by atoms with Crippen LogP contribution in [0.4, 0.5) is 32.0 Å². The summed E-state index contributed by atoms with van der Waals surface area (Å²) >= 11 is 0. The van der Waals surface area contributed by atoms with Gasteiger partial charge >= 0.3 is 12.4 Å². The van der Waals surface area contributed by atoms with Gasteiger partial charge in [-0.1, -0.05) is 32.0 Å². The molecule has 0 saturated heterocycles. The van der Waals surface area contributed by atoms with Gasteiger partial charge in [-0.2, -0.15) is 26.3 Å². The second kappa shape index (κ2) is 10.3. The van der Waals surface area contributed by atoms with Crippen LogP contribution < -0.4 is 4.90 Å². The van der Waals surface area contributed by atoms with Gasteiger partial charge in [0, 0.05) is 39.1 Å². The SMILES string of the molecule is CC(C)c1ccc(-c2ccc(N3C(=O)c4ccc5c6c(ccc(c46)C3=O)C(=O)N(C(C)C)C5=O)cc2C(F)(F)F)c(C(F)(F)F)c1. The van der Waals surface area contributed by atoms with Crippen molar-refractivity contribution in [3.8, 4) is 11.1 Å². The van der Waals surface area contributed by atoms with Crippen molar-refractivity contribution in [2.24, 2.45) is 0 Å². The number of amides is 4. The van der Waals surface area contributed by atoms with Gasteiger partial charge in [0.05, 0.1) is 16.8 Å². The van der Waals surface area contributed by atoms with Crippen molar-refractivity contribution >= 4 is 40.1 Å². The minimum atomic E-state index is -5.17. The number of imide groups is 2. The second-order valence-electron chi connectivity index (χ2n) is 11.8. The van der Waals surface area contributed by atoms with E-state index in [9.17, 15) is 45.5 Å². The maximum Gasteiger partial charge on any atom is 0.417 e. The maximum atomic E-state index is 14.5. The lowest BCUT2D eigenvalue weighted by Crippen LogP contribution is -2.46. The first-order valence-electron chi connectivity index (χ1n) is 14.2. The fraction of sp³-hybridized carbons (Fsp3) is 0.235. The monoisotopic (exact) mass is 638 g/mol. The number of carbonyl (C=O) groups is 4. The van der Waals surface area contributed by atoms with Crippen molar-refractivity contribution in [3.05, 3.63) is 99.6 Å². The van der Waals surface area contributed by atoms with E-state index in [1.165, 1.54) is 30.3 Å². The summed E-state index contributed by atoms with van der Waals surface area (Å²) in [6.45, 7) is 6.61. The quantitative estimate of drug-likeness (QED) is 0.166. The van der Waals surface area contributed by atoms with Crippen molar-refractivity contribution in [2.45, 2.75) is 52.0 Å². The molecule has 0 unspecified atom stereocenters. The highest BCUT2D eigenvalue weighted by molar-refractivity contribution is 6.39. The summed E-state index contributed by atoms with van der Waals surface area (Å²) in [5, 5.41) is 0.123. The van der Waals surface area contributed by atoms with Crippen LogP contribution >= 0.6 is 0 Å². The standard InChI is InChI=1S/C34H24F6N2O4/c1-15(2)17-5-7-19(25(13-17)33(35,36)37)20-8-6-18(14-26(20)34(38,39)40)42-31(45)23-11-9-21-27-22(10-12-24(28(23)27)32(42)46)30(44)41(16(3)4)29(21)43/h5-16H,1-4H3. The topological polar surface area (TPSA) is 74.8 Å². The third kappa shape index (κ3) is 4.57. The lowest BCUT2D eigenvalue weighted by Gasteiger charge is -2.33. The van der Waals surface area contributed by atoms with Gasteiger partial charge in [-0.3, -0.25) is 24.1 Å². The van der Waals surface area contributed by atoms with Crippen LogP contribution in [0.15, 0.2) is 60.7 Å². The van der Waals surface area contributed by atoms with Crippen molar-refractivity contribution in [1.29, 1.82) is 0 Å². The minimum absolute atomic E-state index is 0.0269. The average Bonchev–Trinajstić information content (AvgIpc) is 2.97. The first-order chi connectivity index (χ1) is 21.4. The Morgan fingerprint density at radius 1 is 0.522 bits per heavy atom. The van der Waals surface area contributed by atoms with Crippen LogP contribution in [-0.2, 0) is 12.4 Å². The smallest absolute Gasteiger partial charge is 0.272 e. The van der Waals surface area contributed by atoms with Gasteiger partial charge in [0.1, 0.15) is 0 Å². The number of anilines is 1. The van der Waals surface area contributed by atoms with Gasteiger partial charge in [0.25, 0.3) is 23.6 Å². The second-order valence-corrected chi connectivity index (χ2v) is 11.8. The van der Waals surface area contributed by atoms with Gasteiger partial charge in [0.2, 0.25) is 0 Å². The molecule has 2 heterocycles. The van der Waals surface area contributed by atoms with Crippen molar-refractivity contribution in [1.82, 2.24) is 4.90 Å². The molecule has 2 aliphatic heterocycles. The normalized spacial score (nSPS) is 15.2. The Bertz CT molecular complexity index is 1960. The fourth-order valence-corrected chi connectivity index (χ4v) is 6.13. The predicted octanol–water partition coefficient (Wildman–Crippen LogP) is 8.47. The molecule has 0 fully saturated rings. The molecule has 4 aromatic rings. The Hall–Kier alpha value is -5.00. The maximum absolute atomic E-state index is 14.5. The molecule has 2 aliphatic rings. The molecule has 4 amide bonds. The number of rotatable bonds is 4. The van der Waals surface area contributed by atoms with Gasteiger partial charge in [0.15, 0.2) is 0 Å². The number of hydrogen-bond donors (Lipinski definition) is 0. The number of carbonyl (C=O) groups excluding carboxylic acids is 4. The molecule has 0 saturated carbocycles. The summed E-state index contributed by atoms with van der Waals surface area (Å²) in [6.07, 6.45) is -10.1. The molecule has 4 aromatic carbocycles. The first kappa shape index (κ1) is 31.0. The molecule has 6 rings (SSSR count). The van der Waals surface area contributed by atoms with Gasteiger partial charge in [-0.25, -0.2) is 4.90 Å². The summed E-state index contributed by atoms with van der Waals surface area (Å²) < 4.78 is 85.8. The van der Waals surface area contributed by atoms with Gasteiger partial charge in [-0.15, -0.1) is 0 Å². The molecule has 0 radical (unpaired) electrons. The van der Waals surface area contributed by atoms with Crippen molar-refractivity contribution in [3.63, 3.8) is 0 Å². The number of nitrogens with zero attached hydrogens (tertiary/aromatic N) is 2. The van der Waals surface area contributed by atoms with Gasteiger partial charge < -0.3 is 0 Å². The molecule has 0 spiro atoms. The molecule has 46 heavy (non-hydrogen) atoms. The molecule has 0 aromatic heterocycles. The predicted molar refractivity (Wildman–Crippen MR) is 157 cm³/mol. The molecule has 236 valence electrons. The summed E-state index contributed by atoms with van der Waals surface area (Å²) in [5.41, 5.74) is -4.53. The van der Waals surface area contributed by atoms with Crippen LogP contribution in [-0.4, -0.2) is 34.6 Å². The molecule has 12 heteroatoms. The molecule has 0 bridgehead atoms.